The van der Waals surface area contributed by atoms with Crippen LogP contribution in [0.3, 0.4) is 0 Å². The van der Waals surface area contributed by atoms with Crippen molar-refractivity contribution in [2.24, 2.45) is 0 Å². The SMILES string of the molecule is Cc1ccc([C@@H]2CC(O)C[C@H](c3ccc(C)cn3)N2)nc1. The third kappa shape index (κ3) is 3.28. The first-order valence-corrected chi connectivity index (χ1v) is 7.41. The van der Waals surface area contributed by atoms with Crippen LogP contribution in [0.2, 0.25) is 0 Å². The predicted octanol–water partition coefficient (Wildman–Crippen LogP) is 2.62. The van der Waals surface area contributed by atoms with Crippen molar-refractivity contribution in [1.82, 2.24) is 15.3 Å². The molecule has 4 heteroatoms. The average Bonchev–Trinajstić information content (AvgIpc) is 2.48. The molecule has 3 rings (SSSR count). The molecule has 0 radical (unpaired) electrons. The number of nitrogens with zero attached hydrogens (tertiary/aromatic N) is 2. The molecule has 4 nitrogen and oxygen atoms in total. The van der Waals surface area contributed by atoms with E-state index >= 15 is 0 Å². The molecule has 0 saturated carbocycles. The van der Waals surface area contributed by atoms with Crippen LogP contribution in [-0.4, -0.2) is 21.2 Å². The van der Waals surface area contributed by atoms with Crippen molar-refractivity contribution in [3.8, 4) is 0 Å². The van der Waals surface area contributed by atoms with Gasteiger partial charge in [0.05, 0.1) is 29.6 Å². The second kappa shape index (κ2) is 5.92. The highest BCUT2D eigenvalue weighted by molar-refractivity contribution is 5.19. The van der Waals surface area contributed by atoms with Crippen LogP contribution in [0.1, 0.15) is 47.4 Å². The zero-order valence-corrected chi connectivity index (χ0v) is 12.5. The van der Waals surface area contributed by atoms with Crippen LogP contribution < -0.4 is 5.32 Å². The molecule has 1 fully saturated rings. The maximum Gasteiger partial charge on any atom is 0.0577 e. The first-order valence-electron chi connectivity index (χ1n) is 7.41. The van der Waals surface area contributed by atoms with Gasteiger partial charge in [0, 0.05) is 12.4 Å². The largest absolute Gasteiger partial charge is 0.393 e. The van der Waals surface area contributed by atoms with Gasteiger partial charge in [0.25, 0.3) is 0 Å². The fraction of sp³-hybridized carbons (Fsp3) is 0.412. The molecule has 21 heavy (non-hydrogen) atoms. The molecule has 0 aliphatic carbocycles. The summed E-state index contributed by atoms with van der Waals surface area (Å²) < 4.78 is 0. The summed E-state index contributed by atoms with van der Waals surface area (Å²) >= 11 is 0. The van der Waals surface area contributed by atoms with Crippen molar-refractivity contribution in [3.63, 3.8) is 0 Å². The Hall–Kier alpha value is -1.78. The van der Waals surface area contributed by atoms with Crippen LogP contribution in [0.4, 0.5) is 0 Å². The Bertz CT molecular complexity index is 541. The maximum absolute atomic E-state index is 10.2. The zero-order chi connectivity index (χ0) is 14.8. The topological polar surface area (TPSA) is 58.0 Å². The van der Waals surface area contributed by atoms with Crippen molar-refractivity contribution >= 4 is 0 Å². The van der Waals surface area contributed by atoms with Crippen molar-refractivity contribution in [2.75, 3.05) is 0 Å². The minimum atomic E-state index is -0.326. The number of aromatic nitrogens is 2. The van der Waals surface area contributed by atoms with E-state index in [1.807, 2.05) is 38.4 Å². The lowest BCUT2D eigenvalue weighted by atomic mass is 9.91. The second-order valence-corrected chi connectivity index (χ2v) is 5.92. The summed E-state index contributed by atoms with van der Waals surface area (Å²) in [5.41, 5.74) is 4.26. The minimum Gasteiger partial charge on any atom is -0.393 e. The Labute approximate surface area is 125 Å². The molecule has 0 amide bonds. The molecular weight excluding hydrogens is 262 g/mol. The molecule has 3 atom stereocenters. The second-order valence-electron chi connectivity index (χ2n) is 5.92. The van der Waals surface area contributed by atoms with Gasteiger partial charge in [-0.05, 0) is 49.9 Å². The monoisotopic (exact) mass is 283 g/mol. The van der Waals surface area contributed by atoms with E-state index in [-0.39, 0.29) is 18.2 Å². The van der Waals surface area contributed by atoms with Gasteiger partial charge in [-0.2, -0.15) is 0 Å². The lowest BCUT2D eigenvalue weighted by molar-refractivity contribution is 0.0913. The molecule has 1 saturated heterocycles. The van der Waals surface area contributed by atoms with E-state index < -0.39 is 0 Å². The van der Waals surface area contributed by atoms with Crippen molar-refractivity contribution in [3.05, 3.63) is 59.2 Å². The molecule has 2 aromatic rings. The fourth-order valence-corrected chi connectivity index (χ4v) is 2.80. The van der Waals surface area contributed by atoms with Crippen molar-refractivity contribution < 1.29 is 5.11 Å². The number of hydrogen-bond donors (Lipinski definition) is 2. The van der Waals surface area contributed by atoms with Crippen molar-refractivity contribution in [1.29, 1.82) is 0 Å². The first-order chi connectivity index (χ1) is 10.1. The Kier molecular flexibility index (Phi) is 3.99. The van der Waals surface area contributed by atoms with Gasteiger partial charge < -0.3 is 10.4 Å². The highest BCUT2D eigenvalue weighted by Crippen LogP contribution is 2.31. The number of aryl methyl sites for hydroxylation is 2. The van der Waals surface area contributed by atoms with Gasteiger partial charge in [-0.25, -0.2) is 0 Å². The zero-order valence-electron chi connectivity index (χ0n) is 12.5. The molecule has 110 valence electrons. The molecular formula is C17H21N3O. The lowest BCUT2D eigenvalue weighted by Gasteiger charge is -2.33. The summed E-state index contributed by atoms with van der Waals surface area (Å²) in [7, 11) is 0. The van der Waals surface area contributed by atoms with Gasteiger partial charge in [0.15, 0.2) is 0 Å². The highest BCUT2D eigenvalue weighted by Gasteiger charge is 2.30. The molecule has 2 aromatic heterocycles. The van der Waals surface area contributed by atoms with Crippen LogP contribution in [-0.2, 0) is 0 Å². The van der Waals surface area contributed by atoms with E-state index in [4.69, 9.17) is 0 Å². The van der Waals surface area contributed by atoms with E-state index in [0.29, 0.717) is 12.8 Å². The third-order valence-electron chi connectivity index (χ3n) is 4.00. The maximum atomic E-state index is 10.2. The molecule has 0 bridgehead atoms. The summed E-state index contributed by atoms with van der Waals surface area (Å²) in [5, 5.41) is 13.8. The Morgan fingerprint density at radius 2 is 1.38 bits per heavy atom. The molecule has 0 aromatic carbocycles. The number of piperidine rings is 1. The number of pyridine rings is 2. The molecule has 1 unspecified atom stereocenters. The quantitative estimate of drug-likeness (QED) is 0.889. The normalized spacial score (nSPS) is 25.8. The van der Waals surface area contributed by atoms with Gasteiger partial charge in [-0.3, -0.25) is 9.97 Å². The van der Waals surface area contributed by atoms with E-state index in [1.54, 1.807) is 0 Å². The average molecular weight is 283 g/mol. The fourth-order valence-electron chi connectivity index (χ4n) is 2.80. The standard InChI is InChI=1S/C17H21N3O/c1-11-3-5-14(18-9-11)16-7-13(21)8-17(20-16)15-6-4-12(2)10-19-15/h3-6,9-10,13,16-17,20-21H,7-8H2,1-2H3/t13?,16-,17+. The van der Waals surface area contributed by atoms with Crippen molar-refractivity contribution in [2.45, 2.75) is 44.9 Å². The van der Waals surface area contributed by atoms with E-state index in [1.165, 1.54) is 0 Å². The molecule has 1 aliphatic heterocycles. The van der Waals surface area contributed by atoms with Crippen LogP contribution >= 0.6 is 0 Å². The summed E-state index contributed by atoms with van der Waals surface area (Å²) in [6.45, 7) is 4.05. The Balaban J connectivity index is 1.81. The molecule has 3 heterocycles. The van der Waals surface area contributed by atoms with E-state index in [2.05, 4.69) is 27.4 Å². The number of rotatable bonds is 2. The number of aliphatic hydroxyl groups is 1. The Morgan fingerprint density at radius 1 is 0.905 bits per heavy atom. The lowest BCUT2D eigenvalue weighted by Crippen LogP contribution is -2.38. The van der Waals surface area contributed by atoms with E-state index in [9.17, 15) is 5.11 Å². The Morgan fingerprint density at radius 3 is 1.76 bits per heavy atom. The summed E-state index contributed by atoms with van der Waals surface area (Å²) in [5.74, 6) is 0. The first kappa shape index (κ1) is 14.2. The summed E-state index contributed by atoms with van der Waals surface area (Å²) in [4.78, 5) is 8.97. The van der Waals surface area contributed by atoms with Gasteiger partial charge >= 0.3 is 0 Å². The smallest absolute Gasteiger partial charge is 0.0577 e. The van der Waals surface area contributed by atoms with Crippen LogP contribution in [0.5, 0.6) is 0 Å². The van der Waals surface area contributed by atoms with Gasteiger partial charge in [0.2, 0.25) is 0 Å². The third-order valence-corrected chi connectivity index (χ3v) is 4.00. The van der Waals surface area contributed by atoms with Gasteiger partial charge in [-0.1, -0.05) is 12.1 Å². The molecule has 1 aliphatic rings. The number of nitrogens with one attached hydrogen (secondary N) is 1. The predicted molar refractivity (Wildman–Crippen MR) is 81.8 cm³/mol. The van der Waals surface area contributed by atoms with Crippen LogP contribution in [0.25, 0.3) is 0 Å². The van der Waals surface area contributed by atoms with Crippen LogP contribution in [0.15, 0.2) is 36.7 Å². The van der Waals surface area contributed by atoms with Gasteiger partial charge in [-0.15, -0.1) is 0 Å². The molecule has 0 spiro atoms. The van der Waals surface area contributed by atoms with Crippen LogP contribution in [0, 0.1) is 13.8 Å². The molecule has 2 N–H and O–H groups in total. The minimum absolute atomic E-state index is 0.0717. The van der Waals surface area contributed by atoms with E-state index in [0.717, 1.165) is 22.5 Å². The van der Waals surface area contributed by atoms with Gasteiger partial charge in [0.1, 0.15) is 0 Å². The highest BCUT2D eigenvalue weighted by atomic mass is 16.3. The number of hydrogen-bond acceptors (Lipinski definition) is 4. The number of aliphatic hydroxyl groups excluding tert-OH is 1. The summed E-state index contributed by atoms with van der Waals surface area (Å²) in [6, 6.07) is 8.33. The summed E-state index contributed by atoms with van der Waals surface area (Å²) in [6.07, 6.45) is 4.80.